The Bertz CT molecular complexity index is 1040. The van der Waals surface area contributed by atoms with Gasteiger partial charge in [-0.2, -0.15) is 0 Å². The number of hydrogen-bond acceptors (Lipinski definition) is 6. The predicted molar refractivity (Wildman–Crippen MR) is 99.1 cm³/mol. The molecule has 3 heterocycles. The molecule has 0 spiro atoms. The van der Waals surface area contributed by atoms with Crippen LogP contribution in [-0.4, -0.2) is 40.0 Å². The standard InChI is InChI=1S/C19H16ClN3O4/c20-12-9-21-19(22-10-12)26-13-4-3-7-23(11-13)18(25)17-8-15(24)14-5-1-2-6-16(14)27-17/h1-2,5-6,8-10,13H,3-4,7,11H2. The number of para-hydroxylation sites is 1. The molecule has 1 saturated heterocycles. The van der Waals surface area contributed by atoms with Crippen LogP contribution >= 0.6 is 11.6 Å². The lowest BCUT2D eigenvalue weighted by Gasteiger charge is -2.31. The lowest BCUT2D eigenvalue weighted by Crippen LogP contribution is -2.44. The van der Waals surface area contributed by atoms with E-state index in [1.54, 1.807) is 29.2 Å². The molecule has 4 rings (SSSR count). The SMILES string of the molecule is O=C(c1cc(=O)c2ccccc2o1)N1CCCC(Oc2ncc(Cl)cn2)C1. The maximum absolute atomic E-state index is 12.8. The lowest BCUT2D eigenvalue weighted by molar-refractivity contribution is 0.0489. The molecular weight excluding hydrogens is 370 g/mol. The number of fused-ring (bicyclic) bond motifs is 1. The van der Waals surface area contributed by atoms with Gasteiger partial charge in [0.05, 0.1) is 29.3 Å². The monoisotopic (exact) mass is 385 g/mol. The summed E-state index contributed by atoms with van der Waals surface area (Å²) in [6, 6.07) is 8.33. The second-order valence-corrected chi connectivity index (χ2v) is 6.72. The molecule has 1 aliphatic rings. The summed E-state index contributed by atoms with van der Waals surface area (Å²) in [6.45, 7) is 0.929. The first-order valence-corrected chi connectivity index (χ1v) is 8.94. The van der Waals surface area contributed by atoms with Crippen molar-refractivity contribution < 1.29 is 13.9 Å². The van der Waals surface area contributed by atoms with Gasteiger partial charge in [0.25, 0.3) is 5.91 Å². The van der Waals surface area contributed by atoms with E-state index in [4.69, 9.17) is 20.8 Å². The third-order valence-corrected chi connectivity index (χ3v) is 4.57. The van der Waals surface area contributed by atoms with E-state index in [0.717, 1.165) is 12.8 Å². The van der Waals surface area contributed by atoms with Crippen molar-refractivity contribution in [3.63, 3.8) is 0 Å². The summed E-state index contributed by atoms with van der Waals surface area (Å²) in [5, 5.41) is 0.878. The molecule has 1 aliphatic heterocycles. The van der Waals surface area contributed by atoms with Crippen LogP contribution in [0.15, 0.2) is 51.9 Å². The van der Waals surface area contributed by atoms with Crippen molar-refractivity contribution in [3.8, 4) is 6.01 Å². The van der Waals surface area contributed by atoms with Crippen molar-refractivity contribution in [2.75, 3.05) is 13.1 Å². The number of nitrogens with zero attached hydrogens (tertiary/aromatic N) is 3. The Labute approximate surface area is 159 Å². The van der Waals surface area contributed by atoms with Gasteiger partial charge in [-0.25, -0.2) is 9.97 Å². The van der Waals surface area contributed by atoms with Crippen molar-refractivity contribution in [1.82, 2.24) is 14.9 Å². The van der Waals surface area contributed by atoms with Crippen LogP contribution in [0.4, 0.5) is 0 Å². The van der Waals surface area contributed by atoms with Crippen LogP contribution in [0.25, 0.3) is 11.0 Å². The van der Waals surface area contributed by atoms with Gasteiger partial charge in [-0.15, -0.1) is 0 Å². The molecule has 1 atom stereocenters. The van der Waals surface area contributed by atoms with Gasteiger partial charge < -0.3 is 14.1 Å². The minimum Gasteiger partial charge on any atom is -0.458 e. The number of carbonyl (C=O) groups is 1. The van der Waals surface area contributed by atoms with Gasteiger partial charge in [-0.3, -0.25) is 9.59 Å². The van der Waals surface area contributed by atoms with Gasteiger partial charge in [0.1, 0.15) is 11.7 Å². The van der Waals surface area contributed by atoms with E-state index in [1.165, 1.54) is 18.5 Å². The molecule has 27 heavy (non-hydrogen) atoms. The van der Waals surface area contributed by atoms with Crippen molar-refractivity contribution >= 4 is 28.5 Å². The summed E-state index contributed by atoms with van der Waals surface area (Å²) in [5.41, 5.74) is 0.160. The molecule has 3 aromatic rings. The van der Waals surface area contributed by atoms with E-state index in [2.05, 4.69) is 9.97 Å². The van der Waals surface area contributed by atoms with E-state index in [1.807, 2.05) is 0 Å². The molecule has 0 saturated carbocycles. The number of rotatable bonds is 3. The topological polar surface area (TPSA) is 85.5 Å². The number of ether oxygens (including phenoxy) is 1. The van der Waals surface area contributed by atoms with Crippen LogP contribution in [0, 0.1) is 0 Å². The highest BCUT2D eigenvalue weighted by Crippen LogP contribution is 2.19. The summed E-state index contributed by atoms with van der Waals surface area (Å²) in [4.78, 5) is 34.7. The molecule has 1 amide bonds. The quantitative estimate of drug-likeness (QED) is 0.689. The summed E-state index contributed by atoms with van der Waals surface area (Å²) in [6.07, 6.45) is 4.22. The highest BCUT2D eigenvalue weighted by Gasteiger charge is 2.28. The van der Waals surface area contributed by atoms with Crippen molar-refractivity contribution in [1.29, 1.82) is 0 Å². The summed E-state index contributed by atoms with van der Waals surface area (Å²) >= 11 is 5.77. The summed E-state index contributed by atoms with van der Waals surface area (Å²) in [7, 11) is 0. The zero-order chi connectivity index (χ0) is 18.8. The lowest BCUT2D eigenvalue weighted by atomic mass is 10.1. The van der Waals surface area contributed by atoms with Crippen LogP contribution in [0.1, 0.15) is 23.4 Å². The summed E-state index contributed by atoms with van der Waals surface area (Å²) in [5.74, 6) is -0.301. The number of halogens is 1. The van der Waals surface area contributed by atoms with Crippen LogP contribution in [0.5, 0.6) is 6.01 Å². The van der Waals surface area contributed by atoms with Crippen LogP contribution in [0.2, 0.25) is 5.02 Å². The molecule has 1 fully saturated rings. The first-order chi connectivity index (χ1) is 13.1. The molecule has 8 heteroatoms. The molecule has 1 aromatic carbocycles. The second kappa shape index (κ2) is 7.36. The van der Waals surface area contributed by atoms with E-state index in [-0.39, 0.29) is 29.2 Å². The largest absolute Gasteiger partial charge is 0.458 e. The van der Waals surface area contributed by atoms with Gasteiger partial charge in [0.15, 0.2) is 11.2 Å². The summed E-state index contributed by atoms with van der Waals surface area (Å²) < 4.78 is 11.4. The molecule has 1 unspecified atom stereocenters. The minimum absolute atomic E-state index is 0.0297. The molecule has 0 aliphatic carbocycles. The zero-order valence-corrected chi connectivity index (χ0v) is 15.1. The Morgan fingerprint density at radius 1 is 1.26 bits per heavy atom. The fourth-order valence-corrected chi connectivity index (χ4v) is 3.19. The van der Waals surface area contributed by atoms with Crippen molar-refractivity contribution in [2.24, 2.45) is 0 Å². The van der Waals surface area contributed by atoms with E-state index in [0.29, 0.717) is 29.1 Å². The first-order valence-electron chi connectivity index (χ1n) is 8.56. The Morgan fingerprint density at radius 3 is 2.85 bits per heavy atom. The van der Waals surface area contributed by atoms with Crippen LogP contribution in [0.3, 0.4) is 0 Å². The molecule has 138 valence electrons. The molecule has 0 bridgehead atoms. The van der Waals surface area contributed by atoms with E-state index in [9.17, 15) is 9.59 Å². The number of benzene rings is 1. The Morgan fingerprint density at radius 2 is 2.04 bits per heavy atom. The number of aromatic nitrogens is 2. The van der Waals surface area contributed by atoms with Crippen LogP contribution < -0.4 is 10.2 Å². The van der Waals surface area contributed by atoms with Gasteiger partial charge >= 0.3 is 6.01 Å². The molecular formula is C19H16ClN3O4. The average Bonchev–Trinajstić information content (AvgIpc) is 2.69. The Kier molecular flexibility index (Phi) is 4.77. The maximum Gasteiger partial charge on any atom is 0.316 e. The maximum atomic E-state index is 12.8. The van der Waals surface area contributed by atoms with E-state index < -0.39 is 0 Å². The zero-order valence-electron chi connectivity index (χ0n) is 14.3. The number of likely N-dealkylation sites (tertiary alicyclic amines) is 1. The van der Waals surface area contributed by atoms with Gasteiger partial charge in [0.2, 0.25) is 0 Å². The van der Waals surface area contributed by atoms with E-state index >= 15 is 0 Å². The number of hydrogen-bond donors (Lipinski definition) is 0. The third kappa shape index (κ3) is 3.78. The normalized spacial score (nSPS) is 17.1. The fourth-order valence-electron chi connectivity index (χ4n) is 3.09. The highest BCUT2D eigenvalue weighted by atomic mass is 35.5. The highest BCUT2D eigenvalue weighted by molar-refractivity contribution is 6.30. The molecule has 2 aromatic heterocycles. The number of amides is 1. The van der Waals surface area contributed by atoms with Gasteiger partial charge in [-0.05, 0) is 25.0 Å². The van der Waals surface area contributed by atoms with Crippen molar-refractivity contribution in [2.45, 2.75) is 18.9 Å². The Balaban J connectivity index is 1.51. The minimum atomic E-state index is -0.330. The number of piperidine rings is 1. The van der Waals surface area contributed by atoms with Gasteiger partial charge in [-0.1, -0.05) is 23.7 Å². The van der Waals surface area contributed by atoms with Gasteiger partial charge in [0, 0.05) is 12.6 Å². The number of carbonyl (C=O) groups excluding carboxylic acids is 1. The fraction of sp³-hybridized carbons (Fsp3) is 0.263. The Hall–Kier alpha value is -2.93. The molecule has 0 N–H and O–H groups in total. The van der Waals surface area contributed by atoms with Crippen molar-refractivity contribution in [3.05, 3.63) is 63.7 Å². The first kappa shape index (κ1) is 17.5. The smallest absolute Gasteiger partial charge is 0.316 e. The molecule has 7 nitrogen and oxygen atoms in total. The second-order valence-electron chi connectivity index (χ2n) is 6.29. The average molecular weight is 386 g/mol. The predicted octanol–water partition coefficient (Wildman–Crippen LogP) is 2.92. The molecule has 0 radical (unpaired) electrons. The van der Waals surface area contributed by atoms with Crippen LogP contribution in [-0.2, 0) is 0 Å². The third-order valence-electron chi connectivity index (χ3n) is 4.38.